The van der Waals surface area contributed by atoms with E-state index < -0.39 is 11.5 Å². The average Bonchev–Trinajstić information content (AvgIpc) is 2.98. The average molecular weight is 254 g/mol. The first-order chi connectivity index (χ1) is 8.62. The fourth-order valence-electron chi connectivity index (χ4n) is 3.24. The van der Waals surface area contributed by atoms with Gasteiger partial charge in [-0.2, -0.15) is 0 Å². The van der Waals surface area contributed by atoms with E-state index in [1.165, 1.54) is 0 Å². The first kappa shape index (κ1) is 13.2. The number of carbonyl (C=O) groups excluding carboxylic acids is 1. The van der Waals surface area contributed by atoms with Gasteiger partial charge in [0.25, 0.3) is 0 Å². The minimum Gasteiger partial charge on any atom is -0.479 e. The summed E-state index contributed by atoms with van der Waals surface area (Å²) in [4.78, 5) is 27.5. The van der Waals surface area contributed by atoms with Crippen LogP contribution in [0.2, 0.25) is 0 Å². The largest absolute Gasteiger partial charge is 0.479 e. The zero-order valence-electron chi connectivity index (χ0n) is 11.0. The summed E-state index contributed by atoms with van der Waals surface area (Å²) in [5.41, 5.74) is -0.950. The molecule has 2 aliphatic heterocycles. The van der Waals surface area contributed by atoms with Crippen molar-refractivity contribution in [3.63, 3.8) is 0 Å². The van der Waals surface area contributed by atoms with E-state index >= 15 is 0 Å². The molecule has 0 saturated carbocycles. The Kier molecular flexibility index (Phi) is 3.78. The molecule has 0 bridgehead atoms. The van der Waals surface area contributed by atoms with Crippen molar-refractivity contribution in [3.05, 3.63) is 0 Å². The molecule has 2 saturated heterocycles. The van der Waals surface area contributed by atoms with Crippen LogP contribution in [0.25, 0.3) is 0 Å². The van der Waals surface area contributed by atoms with Crippen molar-refractivity contribution in [1.82, 2.24) is 9.80 Å². The molecule has 0 aromatic carbocycles. The molecule has 0 aromatic heterocycles. The number of carboxylic acid groups (broad SMARTS) is 1. The van der Waals surface area contributed by atoms with Crippen molar-refractivity contribution >= 4 is 12.0 Å². The van der Waals surface area contributed by atoms with Crippen molar-refractivity contribution in [2.24, 2.45) is 0 Å². The lowest BCUT2D eigenvalue weighted by atomic mass is 9.91. The Morgan fingerprint density at radius 2 is 1.83 bits per heavy atom. The number of carboxylic acids is 1. The number of likely N-dealkylation sites (tertiary alicyclic amines) is 2. The van der Waals surface area contributed by atoms with Gasteiger partial charge in [0.05, 0.1) is 0 Å². The Hall–Kier alpha value is -1.26. The molecule has 1 N–H and O–H groups in total. The van der Waals surface area contributed by atoms with Crippen LogP contribution in [0.4, 0.5) is 4.79 Å². The zero-order chi connectivity index (χ0) is 13.2. The predicted molar refractivity (Wildman–Crippen MR) is 67.4 cm³/mol. The maximum atomic E-state index is 12.4. The van der Waals surface area contributed by atoms with Gasteiger partial charge in [-0.15, -0.1) is 0 Å². The minimum atomic E-state index is -0.950. The summed E-state index contributed by atoms with van der Waals surface area (Å²) in [6.45, 7) is 4.11. The van der Waals surface area contributed by atoms with E-state index in [-0.39, 0.29) is 6.03 Å². The van der Waals surface area contributed by atoms with Crippen LogP contribution < -0.4 is 0 Å². The molecular weight excluding hydrogens is 232 g/mol. The maximum absolute atomic E-state index is 12.4. The van der Waals surface area contributed by atoms with Crippen LogP contribution in [-0.2, 0) is 4.79 Å². The molecule has 2 heterocycles. The number of rotatable bonds is 3. The standard InChI is InChI=1S/C13H22N2O3/c1-2-6-13(11(16)17)7-5-10-15(13)12(18)14-8-3-4-9-14/h2-10H2,1H3,(H,16,17). The van der Waals surface area contributed by atoms with Gasteiger partial charge < -0.3 is 14.9 Å². The highest BCUT2D eigenvalue weighted by Crippen LogP contribution is 2.35. The minimum absolute atomic E-state index is 0.0687. The number of hydrogen-bond donors (Lipinski definition) is 1. The van der Waals surface area contributed by atoms with Crippen LogP contribution in [0.1, 0.15) is 45.4 Å². The van der Waals surface area contributed by atoms with Gasteiger partial charge in [-0.1, -0.05) is 13.3 Å². The third kappa shape index (κ3) is 2.06. The summed E-state index contributed by atoms with van der Waals surface area (Å²) in [6, 6.07) is -0.0687. The highest BCUT2D eigenvalue weighted by Gasteiger charge is 2.50. The van der Waals surface area contributed by atoms with Gasteiger partial charge in [-0.05, 0) is 32.1 Å². The summed E-state index contributed by atoms with van der Waals surface area (Å²) in [5.74, 6) is -0.839. The summed E-state index contributed by atoms with van der Waals surface area (Å²) in [6.07, 6.45) is 4.81. The number of nitrogens with zero attached hydrogens (tertiary/aromatic N) is 2. The maximum Gasteiger partial charge on any atom is 0.329 e. The van der Waals surface area contributed by atoms with E-state index in [1.807, 2.05) is 6.92 Å². The number of hydrogen-bond acceptors (Lipinski definition) is 2. The van der Waals surface area contributed by atoms with Crippen molar-refractivity contribution in [1.29, 1.82) is 0 Å². The number of amides is 2. The van der Waals surface area contributed by atoms with Gasteiger partial charge in [0.1, 0.15) is 5.54 Å². The van der Waals surface area contributed by atoms with Crippen LogP contribution in [0.15, 0.2) is 0 Å². The van der Waals surface area contributed by atoms with E-state index in [4.69, 9.17) is 0 Å². The second-order valence-corrected chi connectivity index (χ2v) is 5.32. The van der Waals surface area contributed by atoms with E-state index in [0.29, 0.717) is 19.4 Å². The van der Waals surface area contributed by atoms with Gasteiger partial charge >= 0.3 is 12.0 Å². The van der Waals surface area contributed by atoms with Gasteiger partial charge in [0.2, 0.25) is 0 Å². The van der Waals surface area contributed by atoms with Gasteiger partial charge in [0.15, 0.2) is 0 Å². The molecule has 2 fully saturated rings. The summed E-state index contributed by atoms with van der Waals surface area (Å²) in [5, 5.41) is 9.54. The smallest absolute Gasteiger partial charge is 0.329 e. The molecule has 2 rings (SSSR count). The summed E-state index contributed by atoms with van der Waals surface area (Å²) in [7, 11) is 0. The number of aliphatic carboxylic acids is 1. The van der Waals surface area contributed by atoms with Gasteiger partial charge in [-0.3, -0.25) is 0 Å². The lowest BCUT2D eigenvalue weighted by Crippen LogP contribution is -2.56. The van der Waals surface area contributed by atoms with Crippen LogP contribution >= 0.6 is 0 Å². The first-order valence-electron chi connectivity index (χ1n) is 6.92. The third-order valence-corrected chi connectivity index (χ3v) is 4.16. The number of urea groups is 1. The molecule has 2 amide bonds. The van der Waals surface area contributed by atoms with Crippen LogP contribution in [0.5, 0.6) is 0 Å². The molecule has 1 atom stereocenters. The summed E-state index contributed by atoms with van der Waals surface area (Å²) < 4.78 is 0. The van der Waals surface area contributed by atoms with Crippen molar-refractivity contribution in [2.75, 3.05) is 19.6 Å². The normalized spacial score (nSPS) is 27.8. The topological polar surface area (TPSA) is 60.9 Å². The monoisotopic (exact) mass is 254 g/mol. The fourth-order valence-corrected chi connectivity index (χ4v) is 3.24. The van der Waals surface area contributed by atoms with E-state index in [0.717, 1.165) is 38.8 Å². The second kappa shape index (κ2) is 5.16. The quantitative estimate of drug-likeness (QED) is 0.837. The predicted octanol–water partition coefficient (Wildman–Crippen LogP) is 1.92. The lowest BCUT2D eigenvalue weighted by molar-refractivity contribution is -0.148. The molecule has 5 nitrogen and oxygen atoms in total. The molecular formula is C13H22N2O3. The fraction of sp³-hybridized carbons (Fsp3) is 0.846. The number of carbonyl (C=O) groups is 2. The highest BCUT2D eigenvalue weighted by molar-refractivity contribution is 5.87. The molecule has 102 valence electrons. The van der Waals surface area contributed by atoms with Crippen molar-refractivity contribution in [3.8, 4) is 0 Å². The van der Waals surface area contributed by atoms with Crippen LogP contribution in [0.3, 0.4) is 0 Å². The molecule has 0 radical (unpaired) electrons. The lowest BCUT2D eigenvalue weighted by Gasteiger charge is -2.37. The Bertz CT molecular complexity index is 339. The van der Waals surface area contributed by atoms with Gasteiger partial charge in [-0.25, -0.2) is 9.59 Å². The van der Waals surface area contributed by atoms with Crippen molar-refractivity contribution < 1.29 is 14.7 Å². The Balaban J connectivity index is 2.18. The molecule has 2 aliphatic rings. The van der Waals surface area contributed by atoms with E-state index in [9.17, 15) is 14.7 Å². The first-order valence-corrected chi connectivity index (χ1v) is 6.92. The molecule has 0 spiro atoms. The molecule has 1 unspecified atom stereocenters. The second-order valence-electron chi connectivity index (χ2n) is 5.32. The molecule has 0 aliphatic carbocycles. The van der Waals surface area contributed by atoms with Crippen LogP contribution in [-0.4, -0.2) is 52.1 Å². The Labute approximate surface area is 108 Å². The molecule has 18 heavy (non-hydrogen) atoms. The van der Waals surface area contributed by atoms with E-state index in [1.54, 1.807) is 9.80 Å². The Morgan fingerprint density at radius 3 is 2.39 bits per heavy atom. The third-order valence-electron chi connectivity index (χ3n) is 4.16. The SMILES string of the molecule is CCCC1(C(=O)O)CCCN1C(=O)N1CCCC1. The zero-order valence-corrected chi connectivity index (χ0v) is 11.0. The highest BCUT2D eigenvalue weighted by atomic mass is 16.4. The molecule has 5 heteroatoms. The molecule has 0 aromatic rings. The van der Waals surface area contributed by atoms with Gasteiger partial charge in [0, 0.05) is 19.6 Å². The van der Waals surface area contributed by atoms with E-state index in [2.05, 4.69) is 0 Å². The van der Waals surface area contributed by atoms with Crippen LogP contribution in [0, 0.1) is 0 Å². The summed E-state index contributed by atoms with van der Waals surface area (Å²) >= 11 is 0. The Morgan fingerprint density at radius 1 is 1.17 bits per heavy atom. The van der Waals surface area contributed by atoms with Crippen molar-refractivity contribution in [2.45, 2.75) is 51.0 Å².